The van der Waals surface area contributed by atoms with Crippen molar-refractivity contribution < 1.29 is 18.8 Å². The third-order valence-corrected chi connectivity index (χ3v) is 4.85. The van der Waals surface area contributed by atoms with Gasteiger partial charge < -0.3 is 14.2 Å². The number of benzene rings is 3. The van der Waals surface area contributed by atoms with Gasteiger partial charge in [-0.05, 0) is 67.1 Å². The van der Waals surface area contributed by atoms with E-state index in [0.29, 0.717) is 0 Å². The van der Waals surface area contributed by atoms with E-state index in [9.17, 15) is 0 Å². The van der Waals surface area contributed by atoms with E-state index in [-0.39, 0.29) is 0 Å². The Balaban J connectivity index is 2.20. The predicted octanol–water partition coefficient (Wildman–Crippen LogP) is 4.83. The first-order chi connectivity index (χ1) is 13.6. The molecule has 0 atom stereocenters. The largest absolute Gasteiger partial charge is 0.497 e. The van der Waals surface area contributed by atoms with Crippen molar-refractivity contribution in [3.05, 3.63) is 83.4 Å². The Morgan fingerprint density at radius 3 is 1.68 bits per heavy atom. The van der Waals surface area contributed by atoms with E-state index in [0.717, 1.165) is 45.3 Å². The van der Waals surface area contributed by atoms with Crippen LogP contribution in [0.2, 0.25) is 0 Å². The fraction of sp³-hybridized carbons (Fsp3) is 0.208. The van der Waals surface area contributed by atoms with E-state index in [2.05, 4.69) is 54.9 Å². The lowest BCUT2D eigenvalue weighted by Gasteiger charge is -2.12. The highest BCUT2D eigenvalue weighted by Gasteiger charge is 2.21. The molecule has 3 aromatic rings. The van der Waals surface area contributed by atoms with Crippen LogP contribution >= 0.6 is 0 Å². The molecule has 0 unspecified atom stereocenters. The molecule has 0 aliphatic heterocycles. The van der Waals surface area contributed by atoms with Crippen LogP contribution in [0.1, 0.15) is 16.7 Å². The van der Waals surface area contributed by atoms with Crippen molar-refractivity contribution >= 4 is 11.4 Å². The number of rotatable bonds is 6. The summed E-state index contributed by atoms with van der Waals surface area (Å²) in [5.74, 6) is 2.52. The van der Waals surface area contributed by atoms with Crippen LogP contribution in [0.15, 0.2) is 66.7 Å². The van der Waals surface area contributed by atoms with Crippen LogP contribution in [0.5, 0.6) is 17.2 Å². The van der Waals surface area contributed by atoms with Gasteiger partial charge in [-0.2, -0.15) is 4.58 Å². The maximum Gasteiger partial charge on any atom is 0.220 e. The van der Waals surface area contributed by atoms with Gasteiger partial charge in [0.1, 0.15) is 24.3 Å². The van der Waals surface area contributed by atoms with Gasteiger partial charge in [-0.1, -0.05) is 0 Å². The first-order valence-electron chi connectivity index (χ1n) is 9.11. The van der Waals surface area contributed by atoms with Crippen LogP contribution in [0.3, 0.4) is 0 Å². The summed E-state index contributed by atoms with van der Waals surface area (Å²) in [6.07, 6.45) is 0. The van der Waals surface area contributed by atoms with Crippen molar-refractivity contribution in [3.8, 4) is 17.2 Å². The van der Waals surface area contributed by atoms with Crippen LogP contribution in [-0.2, 0) is 0 Å². The summed E-state index contributed by atoms with van der Waals surface area (Å²) in [5, 5.41) is 0. The smallest absolute Gasteiger partial charge is 0.220 e. The number of aryl methyl sites for hydroxylation is 1. The number of hydrogen-bond donors (Lipinski definition) is 0. The van der Waals surface area contributed by atoms with Gasteiger partial charge in [-0.3, -0.25) is 0 Å². The SMILES string of the molecule is COc1ccc(/C(c2ccc(OC)cc2C)=[N+](/C)c2ccc(OC)cc2)cc1. The minimum atomic E-state index is 0.835. The number of methoxy groups -OCH3 is 3. The summed E-state index contributed by atoms with van der Waals surface area (Å²) in [6.45, 7) is 2.10. The zero-order valence-corrected chi connectivity index (χ0v) is 17.0. The maximum absolute atomic E-state index is 5.38. The van der Waals surface area contributed by atoms with Gasteiger partial charge >= 0.3 is 0 Å². The van der Waals surface area contributed by atoms with Crippen LogP contribution in [0.25, 0.3) is 0 Å². The first kappa shape index (κ1) is 19.5. The fourth-order valence-electron chi connectivity index (χ4n) is 3.24. The molecule has 0 saturated carbocycles. The zero-order valence-electron chi connectivity index (χ0n) is 17.0. The third-order valence-electron chi connectivity index (χ3n) is 4.85. The Kier molecular flexibility index (Phi) is 5.99. The van der Waals surface area contributed by atoms with Crippen LogP contribution in [0.4, 0.5) is 5.69 Å². The van der Waals surface area contributed by atoms with Crippen molar-refractivity contribution in [2.45, 2.75) is 6.92 Å². The van der Waals surface area contributed by atoms with Crippen molar-refractivity contribution in [3.63, 3.8) is 0 Å². The minimum absolute atomic E-state index is 0.835. The molecule has 144 valence electrons. The molecule has 0 spiro atoms. The lowest BCUT2D eigenvalue weighted by Crippen LogP contribution is -2.17. The van der Waals surface area contributed by atoms with Crippen molar-refractivity contribution in [1.82, 2.24) is 0 Å². The predicted molar refractivity (Wildman–Crippen MR) is 113 cm³/mol. The Hall–Kier alpha value is -3.27. The van der Waals surface area contributed by atoms with Crippen molar-refractivity contribution in [2.24, 2.45) is 0 Å². The molecule has 0 bridgehead atoms. The summed E-state index contributed by atoms with van der Waals surface area (Å²) < 4.78 is 18.2. The summed E-state index contributed by atoms with van der Waals surface area (Å²) in [4.78, 5) is 0. The molecule has 4 nitrogen and oxygen atoms in total. The van der Waals surface area contributed by atoms with Gasteiger partial charge in [-0.25, -0.2) is 0 Å². The van der Waals surface area contributed by atoms with Crippen molar-refractivity contribution in [1.29, 1.82) is 0 Å². The quantitative estimate of drug-likeness (QED) is 0.456. The Morgan fingerprint density at radius 1 is 0.679 bits per heavy atom. The first-order valence-corrected chi connectivity index (χ1v) is 9.11. The van der Waals surface area contributed by atoms with Gasteiger partial charge in [-0.15, -0.1) is 0 Å². The molecule has 0 saturated heterocycles. The molecule has 0 aromatic heterocycles. The highest BCUT2D eigenvalue weighted by Crippen LogP contribution is 2.25. The second-order valence-electron chi connectivity index (χ2n) is 6.52. The van der Waals surface area contributed by atoms with E-state index in [1.165, 1.54) is 0 Å². The second-order valence-corrected chi connectivity index (χ2v) is 6.52. The summed E-state index contributed by atoms with van der Waals surface area (Å²) in [7, 11) is 7.11. The highest BCUT2D eigenvalue weighted by molar-refractivity contribution is 6.11. The van der Waals surface area contributed by atoms with E-state index in [1.54, 1.807) is 21.3 Å². The van der Waals surface area contributed by atoms with E-state index in [1.807, 2.05) is 30.3 Å². The van der Waals surface area contributed by atoms with E-state index >= 15 is 0 Å². The zero-order chi connectivity index (χ0) is 20.1. The molecule has 0 aliphatic carbocycles. The second kappa shape index (κ2) is 8.61. The molecular formula is C24H26NO3+. The van der Waals surface area contributed by atoms with Gasteiger partial charge in [0.25, 0.3) is 0 Å². The average molecular weight is 376 g/mol. The molecule has 0 N–H and O–H groups in total. The van der Waals surface area contributed by atoms with Gasteiger partial charge in [0.15, 0.2) is 0 Å². The maximum atomic E-state index is 5.38. The molecule has 0 fully saturated rings. The molecule has 0 amide bonds. The summed E-state index contributed by atoms with van der Waals surface area (Å²) in [5.41, 5.74) is 5.57. The van der Waals surface area contributed by atoms with Crippen molar-refractivity contribution in [2.75, 3.05) is 28.4 Å². The molecule has 0 aliphatic rings. The Bertz CT molecular complexity index is 974. The Labute approximate surface area is 166 Å². The van der Waals surface area contributed by atoms with Gasteiger partial charge in [0.2, 0.25) is 11.4 Å². The van der Waals surface area contributed by atoms with Gasteiger partial charge in [0.05, 0.1) is 21.3 Å². The van der Waals surface area contributed by atoms with Crippen LogP contribution in [0, 0.1) is 6.92 Å². The minimum Gasteiger partial charge on any atom is -0.497 e. The number of ether oxygens (including phenoxy) is 3. The standard InChI is InChI=1S/C24H26NO3/c1-17-16-22(28-5)14-15-23(17)24(18-6-10-20(26-3)11-7-18)25(2)19-8-12-21(27-4)13-9-19/h6-16H,1-5H3/q+1/b25-24+. The average Bonchev–Trinajstić information content (AvgIpc) is 2.75. The lowest BCUT2D eigenvalue weighted by atomic mass is 9.97. The number of nitrogens with zero attached hydrogens (tertiary/aromatic N) is 1. The number of hydrogen-bond acceptors (Lipinski definition) is 3. The van der Waals surface area contributed by atoms with Crippen LogP contribution in [-0.4, -0.2) is 38.7 Å². The fourth-order valence-corrected chi connectivity index (χ4v) is 3.24. The lowest BCUT2D eigenvalue weighted by molar-refractivity contribution is -0.403. The van der Waals surface area contributed by atoms with Gasteiger partial charge in [0, 0.05) is 23.3 Å². The van der Waals surface area contributed by atoms with Crippen LogP contribution < -0.4 is 14.2 Å². The molecular weight excluding hydrogens is 350 g/mol. The topological polar surface area (TPSA) is 30.7 Å². The molecule has 0 radical (unpaired) electrons. The molecule has 4 heteroatoms. The molecule has 28 heavy (non-hydrogen) atoms. The normalized spacial score (nSPS) is 11.6. The highest BCUT2D eigenvalue weighted by atomic mass is 16.5. The Morgan fingerprint density at radius 2 is 1.18 bits per heavy atom. The molecule has 0 heterocycles. The molecule has 3 rings (SSSR count). The third kappa shape index (κ3) is 4.01. The van der Waals surface area contributed by atoms with E-state index in [4.69, 9.17) is 14.2 Å². The van der Waals surface area contributed by atoms with E-state index < -0.39 is 0 Å². The summed E-state index contributed by atoms with van der Waals surface area (Å²) >= 11 is 0. The summed E-state index contributed by atoms with van der Waals surface area (Å²) in [6, 6.07) is 22.3. The molecule has 3 aromatic carbocycles. The monoisotopic (exact) mass is 376 g/mol.